The molecule has 6 heteroatoms. The summed E-state index contributed by atoms with van der Waals surface area (Å²) in [5.41, 5.74) is 3.03. The monoisotopic (exact) mass is 436 g/mol. The molecular formula is C25H26ClFN4. The van der Waals surface area contributed by atoms with E-state index in [1.54, 1.807) is 0 Å². The molecule has 4 nitrogen and oxygen atoms in total. The molecule has 1 aromatic heterocycles. The van der Waals surface area contributed by atoms with Crippen molar-refractivity contribution in [1.29, 1.82) is 0 Å². The molecule has 0 amide bonds. The number of aromatic nitrogens is 2. The van der Waals surface area contributed by atoms with Crippen LogP contribution >= 0.6 is 11.6 Å². The third kappa shape index (κ3) is 4.58. The van der Waals surface area contributed by atoms with E-state index in [1.165, 1.54) is 56.1 Å². The quantitative estimate of drug-likeness (QED) is 0.542. The molecule has 1 aliphatic carbocycles. The molecule has 1 atom stereocenters. The molecule has 2 aromatic carbocycles. The van der Waals surface area contributed by atoms with Crippen LogP contribution in [0.25, 0.3) is 11.3 Å². The van der Waals surface area contributed by atoms with E-state index < -0.39 is 0 Å². The Morgan fingerprint density at radius 3 is 2.58 bits per heavy atom. The van der Waals surface area contributed by atoms with Gasteiger partial charge in [0.05, 0.1) is 10.7 Å². The number of hydrogen-bond donors (Lipinski definition) is 1. The van der Waals surface area contributed by atoms with Crippen molar-refractivity contribution in [3.8, 4) is 11.3 Å². The second-order valence-electron chi connectivity index (χ2n) is 8.83. The van der Waals surface area contributed by atoms with Crippen molar-refractivity contribution in [3.63, 3.8) is 0 Å². The smallest absolute Gasteiger partial charge is 0.148 e. The number of nitrogens with one attached hydrogen (secondary N) is 1. The minimum atomic E-state index is -0.336. The number of benzene rings is 2. The summed E-state index contributed by atoms with van der Waals surface area (Å²) in [5, 5.41) is 12.4. The number of hydrogen-bond acceptors (Lipinski definition) is 4. The van der Waals surface area contributed by atoms with Gasteiger partial charge in [-0.25, -0.2) is 4.39 Å². The molecule has 160 valence electrons. The lowest BCUT2D eigenvalue weighted by molar-refractivity contribution is 0.157. The van der Waals surface area contributed by atoms with E-state index in [-0.39, 0.29) is 5.82 Å². The lowest BCUT2D eigenvalue weighted by Gasteiger charge is -2.33. The van der Waals surface area contributed by atoms with Crippen LogP contribution < -0.4 is 5.32 Å². The normalized spacial score (nSPS) is 20.0. The number of likely N-dealkylation sites (tertiary alicyclic amines) is 1. The Morgan fingerprint density at radius 1 is 1.03 bits per heavy atom. The first-order valence-corrected chi connectivity index (χ1v) is 11.3. The van der Waals surface area contributed by atoms with Crippen LogP contribution in [0.3, 0.4) is 0 Å². The molecule has 0 bridgehead atoms. The fraction of sp³-hybridized carbons (Fsp3) is 0.360. The third-order valence-electron chi connectivity index (χ3n) is 6.86. The summed E-state index contributed by atoms with van der Waals surface area (Å²) < 4.78 is 13.5. The second-order valence-corrected chi connectivity index (χ2v) is 9.24. The van der Waals surface area contributed by atoms with Crippen molar-refractivity contribution in [3.05, 3.63) is 77.1 Å². The van der Waals surface area contributed by atoms with E-state index in [0.717, 1.165) is 18.9 Å². The molecule has 1 N–H and O–H groups in total. The van der Waals surface area contributed by atoms with Crippen LogP contribution in [0.5, 0.6) is 0 Å². The summed E-state index contributed by atoms with van der Waals surface area (Å²) in [6.45, 7) is 4.33. The molecule has 2 aliphatic rings. The van der Waals surface area contributed by atoms with Gasteiger partial charge in [-0.1, -0.05) is 41.9 Å². The minimum Gasteiger partial charge on any atom is -0.368 e. The minimum absolute atomic E-state index is 0.336. The van der Waals surface area contributed by atoms with Gasteiger partial charge in [0.2, 0.25) is 0 Å². The van der Waals surface area contributed by atoms with Crippen molar-refractivity contribution in [2.24, 2.45) is 11.3 Å². The summed E-state index contributed by atoms with van der Waals surface area (Å²) in [5.74, 6) is 1.11. The first-order valence-electron chi connectivity index (χ1n) is 10.9. The predicted octanol–water partition coefficient (Wildman–Crippen LogP) is 5.65. The van der Waals surface area contributed by atoms with Crippen molar-refractivity contribution in [2.75, 3.05) is 25.0 Å². The van der Waals surface area contributed by atoms with Gasteiger partial charge in [-0.05, 0) is 79.6 Å². The Bertz CT molecular complexity index is 1030. The number of rotatable bonds is 6. The van der Waals surface area contributed by atoms with Gasteiger partial charge in [-0.2, -0.15) is 0 Å². The van der Waals surface area contributed by atoms with Gasteiger partial charge in [-0.3, -0.25) is 4.90 Å². The van der Waals surface area contributed by atoms with E-state index >= 15 is 0 Å². The van der Waals surface area contributed by atoms with Gasteiger partial charge in [0.25, 0.3) is 0 Å². The fourth-order valence-corrected chi connectivity index (χ4v) is 5.04. The maximum atomic E-state index is 13.5. The van der Waals surface area contributed by atoms with Crippen molar-refractivity contribution in [1.82, 2.24) is 15.1 Å². The molecule has 0 unspecified atom stereocenters. The van der Waals surface area contributed by atoms with Gasteiger partial charge in [0.15, 0.2) is 0 Å². The summed E-state index contributed by atoms with van der Waals surface area (Å²) in [6.07, 6.45) is 3.84. The zero-order valence-corrected chi connectivity index (χ0v) is 18.2. The van der Waals surface area contributed by atoms with Gasteiger partial charge in [-0.15, -0.1) is 10.2 Å². The van der Waals surface area contributed by atoms with Gasteiger partial charge in [0, 0.05) is 18.7 Å². The average molecular weight is 437 g/mol. The highest BCUT2D eigenvalue weighted by Gasteiger charge is 2.54. The zero-order valence-electron chi connectivity index (χ0n) is 17.4. The lowest BCUT2D eigenvalue weighted by atomic mass is 9.90. The Kier molecular flexibility index (Phi) is 5.63. The van der Waals surface area contributed by atoms with Crippen LogP contribution in [0, 0.1) is 17.2 Å². The molecular weight excluding hydrogens is 411 g/mol. The third-order valence-corrected chi connectivity index (χ3v) is 7.19. The number of anilines is 1. The van der Waals surface area contributed by atoms with E-state index in [1.807, 2.05) is 12.1 Å². The van der Waals surface area contributed by atoms with E-state index in [2.05, 4.69) is 50.7 Å². The molecule has 1 aliphatic heterocycles. The largest absolute Gasteiger partial charge is 0.368 e. The summed E-state index contributed by atoms with van der Waals surface area (Å²) in [6, 6.07) is 18.7. The highest BCUT2D eigenvalue weighted by molar-refractivity contribution is 6.33. The maximum Gasteiger partial charge on any atom is 0.148 e. The number of piperidine rings is 1. The lowest BCUT2D eigenvalue weighted by Crippen LogP contribution is -2.35. The van der Waals surface area contributed by atoms with Crippen molar-refractivity contribution < 1.29 is 4.39 Å². The molecule has 1 spiro atoms. The fourth-order valence-electron chi connectivity index (χ4n) is 4.82. The standard InChI is InChI=1S/C25H26ClFN4/c26-22-7-6-20(27)14-21(22)23-8-9-24(30-29-23)28-16-19-15-25(19)10-12-31(13-11-25)17-18-4-2-1-3-5-18/h1-9,14,19H,10-13,15-17H2,(H,28,30)/t19-/m0/s1. The average Bonchev–Trinajstić information content (AvgIpc) is 3.48. The summed E-state index contributed by atoms with van der Waals surface area (Å²) >= 11 is 6.17. The van der Waals surface area contributed by atoms with Crippen molar-refractivity contribution >= 4 is 17.4 Å². The molecule has 1 saturated heterocycles. The SMILES string of the molecule is Fc1ccc(Cl)c(-c2ccc(NC[C@@H]3CC34CCN(Cc3ccccc3)CC4)nn2)c1. The molecule has 2 heterocycles. The Hall–Kier alpha value is -2.50. The van der Waals surface area contributed by atoms with Crippen LogP contribution in [0.4, 0.5) is 10.2 Å². The van der Waals surface area contributed by atoms with Gasteiger partial charge in [0.1, 0.15) is 11.6 Å². The van der Waals surface area contributed by atoms with E-state index in [0.29, 0.717) is 27.6 Å². The molecule has 1 saturated carbocycles. The van der Waals surface area contributed by atoms with Crippen LogP contribution in [0.15, 0.2) is 60.7 Å². The topological polar surface area (TPSA) is 41.0 Å². The van der Waals surface area contributed by atoms with E-state index in [4.69, 9.17) is 11.6 Å². The van der Waals surface area contributed by atoms with Gasteiger partial charge < -0.3 is 5.32 Å². The van der Waals surface area contributed by atoms with Crippen molar-refractivity contribution in [2.45, 2.75) is 25.8 Å². The van der Waals surface area contributed by atoms with Crippen LogP contribution in [0.2, 0.25) is 5.02 Å². The first-order chi connectivity index (χ1) is 15.1. The van der Waals surface area contributed by atoms with E-state index in [9.17, 15) is 4.39 Å². The Labute approximate surface area is 187 Å². The Morgan fingerprint density at radius 2 is 1.84 bits per heavy atom. The predicted molar refractivity (Wildman–Crippen MR) is 122 cm³/mol. The van der Waals surface area contributed by atoms with Gasteiger partial charge >= 0.3 is 0 Å². The molecule has 3 aromatic rings. The highest BCUT2D eigenvalue weighted by atomic mass is 35.5. The second kappa shape index (κ2) is 8.56. The highest BCUT2D eigenvalue weighted by Crippen LogP contribution is 2.59. The molecule has 5 rings (SSSR count). The van der Waals surface area contributed by atoms with Crippen LogP contribution in [0.1, 0.15) is 24.8 Å². The molecule has 2 fully saturated rings. The number of nitrogens with zero attached hydrogens (tertiary/aromatic N) is 3. The van der Waals surface area contributed by atoms with Crippen LogP contribution in [-0.2, 0) is 6.54 Å². The Balaban J connectivity index is 1.12. The first kappa shape index (κ1) is 20.4. The zero-order chi connectivity index (χ0) is 21.3. The molecule has 0 radical (unpaired) electrons. The van der Waals surface area contributed by atoms with Crippen LogP contribution in [-0.4, -0.2) is 34.7 Å². The molecule has 31 heavy (non-hydrogen) atoms. The summed E-state index contributed by atoms with van der Waals surface area (Å²) in [7, 11) is 0. The summed E-state index contributed by atoms with van der Waals surface area (Å²) in [4.78, 5) is 2.57. The number of halogens is 2. The maximum absolute atomic E-state index is 13.5.